The van der Waals surface area contributed by atoms with E-state index in [1.165, 1.54) is 0 Å². The summed E-state index contributed by atoms with van der Waals surface area (Å²) in [5.41, 5.74) is 3.87. The van der Waals surface area contributed by atoms with Crippen molar-refractivity contribution in [2.75, 3.05) is 5.73 Å². The van der Waals surface area contributed by atoms with Gasteiger partial charge in [-0.15, -0.1) is 0 Å². The van der Waals surface area contributed by atoms with E-state index < -0.39 is 35.4 Å². The van der Waals surface area contributed by atoms with E-state index in [-0.39, 0.29) is 17.2 Å². The maximum atomic E-state index is 14.0. The van der Waals surface area contributed by atoms with Crippen LogP contribution in [0.5, 0.6) is 0 Å². The van der Waals surface area contributed by atoms with Gasteiger partial charge in [0.1, 0.15) is 0 Å². The van der Waals surface area contributed by atoms with Crippen molar-refractivity contribution < 1.29 is 39.5 Å². The Balaban J connectivity index is 3.45. The Kier molecular flexibility index (Phi) is 5.91. The molecule has 0 fully saturated rings. The molecule has 0 spiro atoms. The highest BCUT2D eigenvalue weighted by molar-refractivity contribution is 5.51. The van der Waals surface area contributed by atoms with Crippen LogP contribution < -0.4 is 5.73 Å². The number of rotatable bonds is 6. The Morgan fingerprint density at radius 1 is 0.846 bits per heavy atom. The van der Waals surface area contributed by atoms with Crippen LogP contribution in [0.1, 0.15) is 44.2 Å². The summed E-state index contributed by atoms with van der Waals surface area (Å²) in [6, 6.07) is 1.57. The topological polar surface area (TPSA) is 26.0 Å². The molecule has 26 heavy (non-hydrogen) atoms. The van der Waals surface area contributed by atoms with E-state index in [0.717, 1.165) is 6.07 Å². The van der Waals surface area contributed by atoms with Gasteiger partial charge in [0.05, 0.1) is 0 Å². The molecule has 0 aliphatic carbocycles. The Hall–Kier alpha value is -1.61. The van der Waals surface area contributed by atoms with Gasteiger partial charge in [-0.1, -0.05) is 26.8 Å². The molecule has 2 N–H and O–H groups in total. The molecule has 1 aromatic carbocycles. The molecule has 0 aliphatic heterocycles. The Morgan fingerprint density at radius 2 is 1.35 bits per heavy atom. The summed E-state index contributed by atoms with van der Waals surface area (Å²) in [6.07, 6.45) is -6.43. The molecule has 0 radical (unpaired) electrons. The summed E-state index contributed by atoms with van der Waals surface area (Å²) in [4.78, 5) is 0. The van der Waals surface area contributed by atoms with Crippen molar-refractivity contribution in [3.63, 3.8) is 0 Å². The maximum Gasteiger partial charge on any atom is 0.460 e. The molecule has 0 heterocycles. The lowest BCUT2D eigenvalue weighted by Crippen LogP contribution is -2.59. The van der Waals surface area contributed by atoms with Crippen LogP contribution in [0.15, 0.2) is 18.2 Å². The van der Waals surface area contributed by atoms with Crippen molar-refractivity contribution in [1.82, 2.24) is 0 Å². The van der Waals surface area contributed by atoms with Crippen LogP contribution in [-0.2, 0) is 5.92 Å². The summed E-state index contributed by atoms with van der Waals surface area (Å²) in [5.74, 6) is -19.8. The number of nitrogens with two attached hydrogens (primary N) is 1. The third-order valence-corrected chi connectivity index (χ3v) is 3.95. The first kappa shape index (κ1) is 22.4. The van der Waals surface area contributed by atoms with Crippen LogP contribution in [0.4, 0.5) is 45.2 Å². The second-order valence-corrected chi connectivity index (χ2v) is 6.60. The van der Waals surface area contributed by atoms with Crippen molar-refractivity contribution in [3.8, 4) is 0 Å². The molecule has 150 valence electrons. The van der Waals surface area contributed by atoms with Crippen LogP contribution >= 0.6 is 0 Å². The van der Waals surface area contributed by atoms with Gasteiger partial charge in [-0.3, -0.25) is 0 Å². The van der Waals surface area contributed by atoms with Crippen molar-refractivity contribution >= 4 is 5.69 Å². The fourth-order valence-corrected chi connectivity index (χ4v) is 2.59. The summed E-state index contributed by atoms with van der Waals surface area (Å²) in [7, 11) is 0. The largest absolute Gasteiger partial charge is 0.460 e. The first-order valence-corrected chi connectivity index (χ1v) is 7.56. The zero-order chi connectivity index (χ0) is 20.7. The number of hydrogen-bond acceptors (Lipinski definition) is 1. The Bertz CT molecular complexity index is 635. The Labute approximate surface area is 144 Å². The van der Waals surface area contributed by atoms with Crippen LogP contribution in [0.3, 0.4) is 0 Å². The summed E-state index contributed by atoms with van der Waals surface area (Å²) >= 11 is 0. The normalized spacial score (nSPS) is 15.4. The van der Waals surface area contributed by atoms with E-state index in [4.69, 9.17) is 5.73 Å². The van der Waals surface area contributed by atoms with Crippen LogP contribution in [-0.4, -0.2) is 18.0 Å². The fourth-order valence-electron chi connectivity index (χ4n) is 2.59. The molecule has 0 bridgehead atoms. The number of anilines is 1. The Morgan fingerprint density at radius 3 is 1.77 bits per heavy atom. The zero-order valence-corrected chi connectivity index (χ0v) is 14.1. The predicted molar refractivity (Wildman–Crippen MR) is 78.6 cm³/mol. The van der Waals surface area contributed by atoms with Gasteiger partial charge in [0, 0.05) is 11.3 Å². The van der Waals surface area contributed by atoms with Crippen LogP contribution in [0.25, 0.3) is 0 Å². The van der Waals surface area contributed by atoms with Gasteiger partial charge >= 0.3 is 23.9 Å². The number of hydrogen-bond donors (Lipinski definition) is 1. The second kappa shape index (κ2) is 6.84. The third kappa shape index (κ3) is 3.73. The van der Waals surface area contributed by atoms with E-state index >= 15 is 0 Å². The highest BCUT2D eigenvalue weighted by Crippen LogP contribution is 2.56. The predicted octanol–water partition coefficient (Wildman–Crippen LogP) is 6.34. The average Bonchev–Trinajstić information content (AvgIpc) is 2.44. The molecule has 10 heteroatoms. The zero-order valence-electron chi connectivity index (χ0n) is 14.1. The SMILES string of the molecule is CC(C)CC(C)c1cc(C(F)(F)C(F)(F)C(F)(F)C(F)(F)F)ccc1N. The molecule has 0 saturated heterocycles. The lowest BCUT2D eigenvalue weighted by Gasteiger charge is -2.34. The highest BCUT2D eigenvalue weighted by atomic mass is 19.4. The molecule has 1 aromatic rings. The van der Waals surface area contributed by atoms with Crippen LogP contribution in [0, 0.1) is 5.92 Å². The molecule has 1 unspecified atom stereocenters. The van der Waals surface area contributed by atoms with E-state index in [0.29, 0.717) is 18.6 Å². The third-order valence-electron chi connectivity index (χ3n) is 3.95. The van der Waals surface area contributed by atoms with Gasteiger partial charge in [0.2, 0.25) is 0 Å². The number of nitrogen functional groups attached to an aromatic ring is 1. The molecule has 1 nitrogen and oxygen atoms in total. The molecule has 0 aliphatic rings. The highest BCUT2D eigenvalue weighted by Gasteiger charge is 2.82. The second-order valence-electron chi connectivity index (χ2n) is 6.60. The van der Waals surface area contributed by atoms with Crippen molar-refractivity contribution in [1.29, 1.82) is 0 Å². The lowest BCUT2D eigenvalue weighted by molar-refractivity contribution is -0.399. The molecule has 0 aromatic heterocycles. The van der Waals surface area contributed by atoms with Gasteiger partial charge in [0.15, 0.2) is 0 Å². The summed E-state index contributed by atoms with van der Waals surface area (Å²) in [6.45, 7) is 5.14. The lowest BCUT2D eigenvalue weighted by atomic mass is 9.87. The molecule has 1 rings (SSSR count). The van der Waals surface area contributed by atoms with Crippen molar-refractivity contribution in [2.24, 2.45) is 5.92 Å². The molecule has 0 saturated carbocycles. The minimum Gasteiger partial charge on any atom is -0.398 e. The smallest absolute Gasteiger partial charge is 0.398 e. The summed E-state index contributed by atoms with van der Waals surface area (Å²) in [5, 5.41) is 0. The van der Waals surface area contributed by atoms with Crippen LogP contribution in [0.2, 0.25) is 0 Å². The van der Waals surface area contributed by atoms with E-state index in [9.17, 15) is 39.5 Å². The van der Waals surface area contributed by atoms with Crippen molar-refractivity contribution in [2.45, 2.75) is 57.1 Å². The van der Waals surface area contributed by atoms with Gasteiger partial charge in [-0.05, 0) is 36.0 Å². The quantitative estimate of drug-likeness (QED) is 0.441. The minimum atomic E-state index is -6.92. The number of halogens is 9. The first-order valence-electron chi connectivity index (χ1n) is 7.56. The minimum absolute atomic E-state index is 0.0259. The number of benzene rings is 1. The van der Waals surface area contributed by atoms with Gasteiger partial charge in [-0.25, -0.2) is 0 Å². The van der Waals surface area contributed by atoms with E-state index in [1.54, 1.807) is 20.8 Å². The maximum absolute atomic E-state index is 14.0. The molecule has 1 atom stereocenters. The molecule has 0 amide bonds. The first-order chi connectivity index (χ1) is 11.5. The van der Waals surface area contributed by atoms with Gasteiger partial charge < -0.3 is 5.73 Å². The van der Waals surface area contributed by atoms with E-state index in [2.05, 4.69) is 0 Å². The average molecular weight is 395 g/mol. The molecular formula is C16H18F9N. The van der Waals surface area contributed by atoms with Crippen molar-refractivity contribution in [3.05, 3.63) is 29.3 Å². The van der Waals surface area contributed by atoms with E-state index in [1.807, 2.05) is 0 Å². The monoisotopic (exact) mass is 395 g/mol. The molecular weight excluding hydrogens is 377 g/mol. The standard InChI is InChI=1S/C16H18F9N/c1-8(2)6-9(3)11-7-10(4-5-12(11)26)13(17,18)14(19,20)15(21,22)16(23,24)25/h4-5,7-9H,6,26H2,1-3H3. The number of alkyl halides is 9. The van der Waals surface area contributed by atoms with Gasteiger partial charge in [0.25, 0.3) is 0 Å². The fraction of sp³-hybridized carbons (Fsp3) is 0.625. The summed E-state index contributed by atoms with van der Waals surface area (Å²) < 4.78 is 118. The van der Waals surface area contributed by atoms with Gasteiger partial charge in [-0.2, -0.15) is 39.5 Å².